The SMILES string of the molecule is Cc1ccc(-n2cc(C(=O)O)c(=O)c3cc(F)c(F)cc32)cc1. The number of fused-ring (bicyclic) bond motifs is 1. The number of aromatic carboxylic acids is 1. The van der Waals surface area contributed by atoms with Crippen LogP contribution in [-0.4, -0.2) is 15.6 Å². The van der Waals surface area contributed by atoms with E-state index in [1.807, 2.05) is 6.92 Å². The fourth-order valence-corrected chi connectivity index (χ4v) is 2.39. The van der Waals surface area contributed by atoms with E-state index in [4.69, 9.17) is 0 Å². The van der Waals surface area contributed by atoms with Crippen molar-refractivity contribution in [3.63, 3.8) is 0 Å². The number of carboxylic acids is 1. The summed E-state index contributed by atoms with van der Waals surface area (Å²) in [6.45, 7) is 1.88. The second-order valence-electron chi connectivity index (χ2n) is 5.17. The number of hydrogen-bond acceptors (Lipinski definition) is 2. The molecular formula is C17H11F2NO3. The topological polar surface area (TPSA) is 59.3 Å². The average Bonchev–Trinajstić information content (AvgIpc) is 2.50. The minimum Gasteiger partial charge on any atom is -0.477 e. The zero-order chi connectivity index (χ0) is 16.7. The number of aryl methyl sites for hydroxylation is 1. The van der Waals surface area contributed by atoms with Gasteiger partial charge in [0.2, 0.25) is 5.43 Å². The molecular weight excluding hydrogens is 304 g/mol. The summed E-state index contributed by atoms with van der Waals surface area (Å²) < 4.78 is 28.4. The Morgan fingerprint density at radius 1 is 1.09 bits per heavy atom. The highest BCUT2D eigenvalue weighted by molar-refractivity contribution is 5.93. The van der Waals surface area contributed by atoms with Crippen molar-refractivity contribution in [2.75, 3.05) is 0 Å². The first kappa shape index (κ1) is 14.9. The summed E-state index contributed by atoms with van der Waals surface area (Å²) in [4.78, 5) is 23.5. The summed E-state index contributed by atoms with van der Waals surface area (Å²) in [7, 11) is 0. The number of hydrogen-bond donors (Lipinski definition) is 1. The molecule has 1 aromatic heterocycles. The van der Waals surface area contributed by atoms with Crippen LogP contribution >= 0.6 is 0 Å². The molecule has 3 rings (SSSR count). The van der Waals surface area contributed by atoms with Gasteiger partial charge in [-0.05, 0) is 25.1 Å². The van der Waals surface area contributed by atoms with Gasteiger partial charge in [0.15, 0.2) is 11.6 Å². The third-order valence-corrected chi connectivity index (χ3v) is 3.59. The van der Waals surface area contributed by atoms with Crippen LogP contribution in [-0.2, 0) is 0 Å². The molecule has 0 atom stereocenters. The predicted molar refractivity (Wildman–Crippen MR) is 81.2 cm³/mol. The first-order valence-electron chi connectivity index (χ1n) is 6.73. The van der Waals surface area contributed by atoms with Crippen molar-refractivity contribution in [3.8, 4) is 5.69 Å². The molecule has 0 amide bonds. The third kappa shape index (κ3) is 2.48. The van der Waals surface area contributed by atoms with Crippen LogP contribution < -0.4 is 5.43 Å². The Bertz CT molecular complexity index is 991. The van der Waals surface area contributed by atoms with E-state index in [1.165, 1.54) is 4.57 Å². The number of nitrogens with zero attached hydrogens (tertiary/aromatic N) is 1. The molecule has 0 fully saturated rings. The van der Waals surface area contributed by atoms with E-state index in [0.29, 0.717) is 5.69 Å². The van der Waals surface area contributed by atoms with Gasteiger partial charge in [-0.15, -0.1) is 0 Å². The number of rotatable bonds is 2. The van der Waals surface area contributed by atoms with Gasteiger partial charge in [-0.3, -0.25) is 4.79 Å². The molecule has 0 saturated heterocycles. The fourth-order valence-electron chi connectivity index (χ4n) is 2.39. The smallest absolute Gasteiger partial charge is 0.341 e. The number of carboxylic acid groups (broad SMARTS) is 1. The van der Waals surface area contributed by atoms with Crippen molar-refractivity contribution in [3.05, 3.63) is 75.6 Å². The highest BCUT2D eigenvalue weighted by Crippen LogP contribution is 2.21. The van der Waals surface area contributed by atoms with E-state index < -0.39 is 28.6 Å². The predicted octanol–water partition coefficient (Wildman–Crippen LogP) is 3.28. The summed E-state index contributed by atoms with van der Waals surface area (Å²) in [6, 6.07) is 8.60. The Morgan fingerprint density at radius 3 is 2.30 bits per heavy atom. The van der Waals surface area contributed by atoms with Crippen molar-refractivity contribution in [2.45, 2.75) is 6.92 Å². The Morgan fingerprint density at radius 2 is 1.70 bits per heavy atom. The normalized spacial score (nSPS) is 10.9. The van der Waals surface area contributed by atoms with Crippen LogP contribution in [0.3, 0.4) is 0 Å². The molecule has 0 saturated carbocycles. The lowest BCUT2D eigenvalue weighted by molar-refractivity contribution is 0.0695. The second kappa shape index (κ2) is 5.31. The molecule has 0 aliphatic heterocycles. The number of aromatic nitrogens is 1. The highest BCUT2D eigenvalue weighted by Gasteiger charge is 2.17. The van der Waals surface area contributed by atoms with Crippen molar-refractivity contribution in [1.29, 1.82) is 0 Å². The molecule has 0 radical (unpaired) electrons. The van der Waals surface area contributed by atoms with Gasteiger partial charge in [0.05, 0.1) is 10.9 Å². The number of halogens is 2. The van der Waals surface area contributed by atoms with Crippen LogP contribution in [0.15, 0.2) is 47.4 Å². The summed E-state index contributed by atoms with van der Waals surface area (Å²) >= 11 is 0. The van der Waals surface area contributed by atoms with Crippen LogP contribution in [0.1, 0.15) is 15.9 Å². The van der Waals surface area contributed by atoms with Gasteiger partial charge < -0.3 is 9.67 Å². The lowest BCUT2D eigenvalue weighted by atomic mass is 10.1. The molecule has 0 unspecified atom stereocenters. The number of pyridine rings is 1. The molecule has 23 heavy (non-hydrogen) atoms. The number of carbonyl (C=O) groups is 1. The van der Waals surface area contributed by atoms with Crippen LogP contribution in [0.25, 0.3) is 16.6 Å². The van der Waals surface area contributed by atoms with Crippen molar-refractivity contribution in [2.24, 2.45) is 0 Å². The van der Waals surface area contributed by atoms with Crippen LogP contribution in [0, 0.1) is 18.6 Å². The minimum absolute atomic E-state index is 0.0998. The molecule has 6 heteroatoms. The highest BCUT2D eigenvalue weighted by atomic mass is 19.2. The summed E-state index contributed by atoms with van der Waals surface area (Å²) in [6.07, 6.45) is 1.12. The molecule has 0 aliphatic rings. The average molecular weight is 315 g/mol. The lowest BCUT2D eigenvalue weighted by Crippen LogP contribution is -2.18. The monoisotopic (exact) mass is 315 g/mol. The van der Waals surface area contributed by atoms with Gasteiger partial charge in [-0.2, -0.15) is 0 Å². The molecule has 0 aliphatic carbocycles. The van der Waals surface area contributed by atoms with Crippen LogP contribution in [0.5, 0.6) is 0 Å². The molecule has 0 bridgehead atoms. The lowest BCUT2D eigenvalue weighted by Gasteiger charge is -2.13. The minimum atomic E-state index is -1.43. The fraction of sp³-hybridized carbons (Fsp3) is 0.0588. The Kier molecular flexibility index (Phi) is 3.44. The van der Waals surface area contributed by atoms with E-state index in [1.54, 1.807) is 24.3 Å². The maximum absolute atomic E-state index is 13.6. The molecule has 0 spiro atoms. The summed E-state index contributed by atoms with van der Waals surface area (Å²) in [5.74, 6) is -3.74. The third-order valence-electron chi connectivity index (χ3n) is 3.59. The Balaban J connectivity index is 2.46. The zero-order valence-electron chi connectivity index (χ0n) is 12.0. The molecule has 2 aromatic carbocycles. The number of benzene rings is 2. The summed E-state index contributed by atoms with van der Waals surface area (Å²) in [5, 5.41) is 8.99. The maximum Gasteiger partial charge on any atom is 0.341 e. The van der Waals surface area contributed by atoms with Crippen LogP contribution in [0.4, 0.5) is 8.78 Å². The molecule has 3 aromatic rings. The van der Waals surface area contributed by atoms with E-state index >= 15 is 0 Å². The summed E-state index contributed by atoms with van der Waals surface area (Å²) in [5.41, 5.74) is 0.255. The molecule has 1 heterocycles. The van der Waals surface area contributed by atoms with Crippen molar-refractivity contribution >= 4 is 16.9 Å². The largest absolute Gasteiger partial charge is 0.477 e. The molecule has 4 nitrogen and oxygen atoms in total. The second-order valence-corrected chi connectivity index (χ2v) is 5.17. The molecule has 116 valence electrons. The Labute approximate surface area is 129 Å². The zero-order valence-corrected chi connectivity index (χ0v) is 12.0. The van der Waals surface area contributed by atoms with Gasteiger partial charge in [0.25, 0.3) is 0 Å². The van der Waals surface area contributed by atoms with Gasteiger partial charge in [-0.1, -0.05) is 17.7 Å². The van der Waals surface area contributed by atoms with Crippen molar-refractivity contribution < 1.29 is 18.7 Å². The first-order valence-corrected chi connectivity index (χ1v) is 6.73. The van der Waals surface area contributed by atoms with Gasteiger partial charge >= 0.3 is 5.97 Å². The van der Waals surface area contributed by atoms with E-state index in [2.05, 4.69) is 0 Å². The van der Waals surface area contributed by atoms with Gasteiger partial charge in [0.1, 0.15) is 5.56 Å². The molecule has 1 N–H and O–H groups in total. The van der Waals surface area contributed by atoms with Gasteiger partial charge in [-0.25, -0.2) is 13.6 Å². The standard InChI is InChI=1S/C17H11F2NO3/c1-9-2-4-10(5-3-9)20-8-12(17(22)23)16(21)11-6-13(18)14(19)7-15(11)20/h2-8H,1H3,(H,22,23). The van der Waals surface area contributed by atoms with E-state index in [9.17, 15) is 23.5 Å². The van der Waals surface area contributed by atoms with Gasteiger partial charge in [0, 0.05) is 18.0 Å². The van der Waals surface area contributed by atoms with E-state index in [0.717, 1.165) is 23.9 Å². The van der Waals surface area contributed by atoms with Crippen LogP contribution in [0.2, 0.25) is 0 Å². The maximum atomic E-state index is 13.6. The van der Waals surface area contributed by atoms with Crippen molar-refractivity contribution in [1.82, 2.24) is 4.57 Å². The van der Waals surface area contributed by atoms with E-state index in [-0.39, 0.29) is 10.9 Å². The quantitative estimate of drug-likeness (QED) is 0.789. The Hall–Kier alpha value is -3.02. The first-order chi connectivity index (χ1) is 10.9.